The smallest absolute Gasteiger partial charge is 0.253 e. The van der Waals surface area contributed by atoms with Gasteiger partial charge >= 0.3 is 0 Å². The largest absolute Gasteiger partial charge is 0.368 e. The van der Waals surface area contributed by atoms with E-state index in [9.17, 15) is 9.18 Å². The van der Waals surface area contributed by atoms with Crippen molar-refractivity contribution < 1.29 is 13.9 Å². The van der Waals surface area contributed by atoms with E-state index in [-0.39, 0.29) is 12.0 Å². The summed E-state index contributed by atoms with van der Waals surface area (Å²) >= 11 is 0. The summed E-state index contributed by atoms with van der Waals surface area (Å²) in [5, 5.41) is 2.65. The van der Waals surface area contributed by atoms with Crippen molar-refractivity contribution in [3.05, 3.63) is 24.3 Å². The van der Waals surface area contributed by atoms with E-state index in [1.54, 1.807) is 0 Å². The Kier molecular flexibility index (Phi) is 3.46. The van der Waals surface area contributed by atoms with Crippen molar-refractivity contribution in [3.8, 4) is 0 Å². The minimum absolute atomic E-state index is 0.187. The number of halogens is 1. The van der Waals surface area contributed by atoms with Crippen molar-refractivity contribution in [2.45, 2.75) is 25.4 Å². The number of ether oxygens (including phenoxy) is 1. The minimum atomic E-state index is -0.563. The maximum atomic E-state index is 12.5. The van der Waals surface area contributed by atoms with Gasteiger partial charge in [-0.3, -0.25) is 4.79 Å². The van der Waals surface area contributed by atoms with Crippen molar-refractivity contribution in [3.63, 3.8) is 0 Å². The quantitative estimate of drug-likeness (QED) is 0.778. The number of carbonyl (C=O) groups is 1. The van der Waals surface area contributed by atoms with Crippen LogP contribution >= 0.6 is 0 Å². The van der Waals surface area contributed by atoms with E-state index in [0.29, 0.717) is 12.3 Å². The number of hydrogen-bond acceptors (Lipinski definition) is 3. The monoisotopic (exact) mass is 224 g/mol. The van der Waals surface area contributed by atoms with Crippen LogP contribution in [0.5, 0.6) is 0 Å². The zero-order chi connectivity index (χ0) is 11.4. The Bertz CT molecular complexity index is 361. The first-order valence-corrected chi connectivity index (χ1v) is 5.30. The highest BCUT2D eigenvalue weighted by molar-refractivity contribution is 5.94. The highest BCUT2D eigenvalue weighted by atomic mass is 19.1. The molecule has 1 atom stereocenters. The predicted octanol–water partition coefficient (Wildman–Crippen LogP) is 1.73. The van der Waals surface area contributed by atoms with Gasteiger partial charge in [0.05, 0.1) is 11.9 Å². The average molecular weight is 224 g/mol. The fourth-order valence-electron chi connectivity index (χ4n) is 1.62. The fourth-order valence-corrected chi connectivity index (χ4v) is 1.62. The lowest BCUT2D eigenvalue weighted by atomic mass is 10.1. The van der Waals surface area contributed by atoms with E-state index < -0.39 is 5.95 Å². The van der Waals surface area contributed by atoms with Gasteiger partial charge in [0.15, 0.2) is 0 Å². The highest BCUT2D eigenvalue weighted by Crippen LogP contribution is 2.15. The normalized spacial score (nSPS) is 20.4. The summed E-state index contributed by atoms with van der Waals surface area (Å²) in [6.45, 7) is 0.625. The molecule has 1 unspecified atom stereocenters. The van der Waals surface area contributed by atoms with Gasteiger partial charge in [-0.2, -0.15) is 4.39 Å². The summed E-state index contributed by atoms with van der Waals surface area (Å²) in [7, 11) is 0. The molecule has 0 saturated carbocycles. The molecule has 1 fully saturated rings. The number of nitrogens with one attached hydrogen (secondary N) is 1. The molecule has 0 aliphatic carbocycles. The molecule has 1 aliphatic heterocycles. The summed E-state index contributed by atoms with van der Waals surface area (Å²) in [5.41, 5.74) is 0.487. The Hall–Kier alpha value is -1.49. The van der Waals surface area contributed by atoms with Gasteiger partial charge in [-0.1, -0.05) is 0 Å². The number of aromatic nitrogens is 1. The van der Waals surface area contributed by atoms with Gasteiger partial charge < -0.3 is 10.1 Å². The van der Waals surface area contributed by atoms with Gasteiger partial charge in [0, 0.05) is 6.61 Å². The molecule has 16 heavy (non-hydrogen) atoms. The van der Waals surface area contributed by atoms with E-state index in [4.69, 9.17) is 4.74 Å². The second-order valence-corrected chi connectivity index (χ2v) is 3.71. The summed E-state index contributed by atoms with van der Waals surface area (Å²) in [5.74, 6) is -0.750. The van der Waals surface area contributed by atoms with Gasteiger partial charge in [0.25, 0.3) is 5.91 Å². The second kappa shape index (κ2) is 5.03. The van der Waals surface area contributed by atoms with Crippen LogP contribution in [-0.4, -0.2) is 23.6 Å². The summed E-state index contributed by atoms with van der Waals surface area (Å²) in [6, 6.07) is 2.68. The number of nitrogens with zero attached hydrogens (tertiary/aromatic N) is 1. The molecule has 1 saturated heterocycles. The summed E-state index contributed by atoms with van der Waals surface area (Å²) < 4.78 is 17.9. The van der Waals surface area contributed by atoms with Crippen molar-refractivity contribution in [1.82, 2.24) is 4.98 Å². The zero-order valence-corrected chi connectivity index (χ0v) is 8.78. The van der Waals surface area contributed by atoms with Gasteiger partial charge in [-0.05, 0) is 31.4 Å². The molecule has 2 rings (SSSR count). The topological polar surface area (TPSA) is 51.2 Å². The van der Waals surface area contributed by atoms with Gasteiger partial charge in [-0.15, -0.1) is 0 Å². The van der Waals surface area contributed by atoms with Crippen molar-refractivity contribution >= 4 is 11.6 Å². The third-order valence-corrected chi connectivity index (χ3v) is 2.47. The third-order valence-electron chi connectivity index (χ3n) is 2.47. The lowest BCUT2D eigenvalue weighted by Gasteiger charge is -2.21. The van der Waals surface area contributed by atoms with E-state index in [1.165, 1.54) is 18.3 Å². The first kappa shape index (κ1) is 11.0. The molecular formula is C11H13FN2O2. The molecule has 1 aromatic rings. The maximum absolute atomic E-state index is 12.5. The lowest BCUT2D eigenvalue weighted by molar-refractivity contribution is -0.129. The van der Waals surface area contributed by atoms with Gasteiger partial charge in [0.1, 0.15) is 6.10 Å². The Morgan fingerprint density at radius 2 is 2.38 bits per heavy atom. The van der Waals surface area contributed by atoms with Crippen LogP contribution in [0.3, 0.4) is 0 Å². The molecule has 4 nitrogen and oxygen atoms in total. The first-order valence-electron chi connectivity index (χ1n) is 5.30. The van der Waals surface area contributed by atoms with Crippen LogP contribution < -0.4 is 5.32 Å². The summed E-state index contributed by atoms with van der Waals surface area (Å²) in [4.78, 5) is 15.1. The van der Waals surface area contributed by atoms with Crippen LogP contribution in [0.4, 0.5) is 10.1 Å². The molecular weight excluding hydrogens is 211 g/mol. The fraction of sp³-hybridized carbons (Fsp3) is 0.455. The number of carbonyl (C=O) groups excluding carboxylic acids is 1. The van der Waals surface area contributed by atoms with Crippen molar-refractivity contribution in [2.24, 2.45) is 0 Å². The van der Waals surface area contributed by atoms with Crippen LogP contribution in [0.15, 0.2) is 18.3 Å². The second-order valence-electron chi connectivity index (χ2n) is 3.71. The first-order chi connectivity index (χ1) is 7.75. The highest BCUT2D eigenvalue weighted by Gasteiger charge is 2.21. The van der Waals surface area contributed by atoms with Crippen LogP contribution in [0.25, 0.3) is 0 Å². The Balaban J connectivity index is 1.93. The number of rotatable bonds is 2. The van der Waals surface area contributed by atoms with E-state index in [2.05, 4.69) is 10.3 Å². The van der Waals surface area contributed by atoms with E-state index >= 15 is 0 Å². The van der Waals surface area contributed by atoms with Crippen molar-refractivity contribution in [1.29, 1.82) is 0 Å². The van der Waals surface area contributed by atoms with E-state index in [1.807, 2.05) is 0 Å². The molecule has 1 aromatic heterocycles. The van der Waals surface area contributed by atoms with E-state index in [0.717, 1.165) is 19.3 Å². The Labute approximate surface area is 92.8 Å². The lowest BCUT2D eigenvalue weighted by Crippen LogP contribution is -2.33. The Morgan fingerprint density at radius 3 is 3.00 bits per heavy atom. The molecule has 1 aliphatic rings. The van der Waals surface area contributed by atoms with Crippen LogP contribution in [0.2, 0.25) is 0 Å². The number of pyridine rings is 1. The Morgan fingerprint density at radius 1 is 1.50 bits per heavy atom. The number of amides is 1. The SMILES string of the molecule is O=C(Nc1ccc(F)nc1)C1CCCCO1. The molecule has 0 bridgehead atoms. The maximum Gasteiger partial charge on any atom is 0.253 e. The predicted molar refractivity (Wildman–Crippen MR) is 56.4 cm³/mol. The molecule has 2 heterocycles. The molecule has 1 N–H and O–H groups in total. The number of hydrogen-bond donors (Lipinski definition) is 1. The molecule has 0 aromatic carbocycles. The minimum Gasteiger partial charge on any atom is -0.368 e. The van der Waals surface area contributed by atoms with Crippen LogP contribution in [-0.2, 0) is 9.53 Å². The van der Waals surface area contributed by atoms with Gasteiger partial charge in [0.2, 0.25) is 5.95 Å². The molecule has 1 amide bonds. The van der Waals surface area contributed by atoms with Crippen LogP contribution in [0.1, 0.15) is 19.3 Å². The standard InChI is InChI=1S/C11H13FN2O2/c12-10-5-4-8(7-13-10)14-11(15)9-3-1-2-6-16-9/h4-5,7,9H,1-3,6H2,(H,14,15). The average Bonchev–Trinajstić information content (AvgIpc) is 2.33. The third kappa shape index (κ3) is 2.76. The summed E-state index contributed by atoms with van der Waals surface area (Å²) in [6.07, 6.45) is 3.64. The van der Waals surface area contributed by atoms with Gasteiger partial charge in [-0.25, -0.2) is 4.98 Å². The molecule has 0 spiro atoms. The molecule has 86 valence electrons. The van der Waals surface area contributed by atoms with Crippen molar-refractivity contribution in [2.75, 3.05) is 11.9 Å². The number of anilines is 1. The molecule has 5 heteroatoms. The van der Waals surface area contributed by atoms with Crippen LogP contribution in [0, 0.1) is 5.95 Å². The zero-order valence-electron chi connectivity index (χ0n) is 8.78. The molecule has 0 radical (unpaired) electrons.